The van der Waals surface area contributed by atoms with Crippen LogP contribution in [0.1, 0.15) is 25.1 Å². The Bertz CT molecular complexity index is 666. The van der Waals surface area contributed by atoms with E-state index < -0.39 is 0 Å². The number of aromatic nitrogens is 2. The first-order valence-electron chi connectivity index (χ1n) is 7.20. The largest absolute Gasteiger partial charge is 0.378 e. The molecule has 1 fully saturated rings. The Morgan fingerprint density at radius 2 is 2.10 bits per heavy atom. The summed E-state index contributed by atoms with van der Waals surface area (Å²) in [7, 11) is 0. The summed E-state index contributed by atoms with van der Waals surface area (Å²) >= 11 is 8.92. The van der Waals surface area contributed by atoms with Crippen LogP contribution in [-0.4, -0.2) is 22.7 Å². The Hall–Kier alpha value is -1.04. The van der Waals surface area contributed by atoms with Crippen LogP contribution in [0.4, 0.5) is 0 Å². The summed E-state index contributed by atoms with van der Waals surface area (Å²) in [5, 5.41) is 0. The van der Waals surface area contributed by atoms with E-state index in [2.05, 4.69) is 38.0 Å². The van der Waals surface area contributed by atoms with Crippen LogP contribution in [0.15, 0.2) is 34.8 Å². The van der Waals surface area contributed by atoms with Gasteiger partial charge in [0.05, 0.1) is 16.3 Å². The second-order valence-electron chi connectivity index (χ2n) is 5.24. The summed E-state index contributed by atoms with van der Waals surface area (Å²) in [4.78, 5) is 7.90. The Labute approximate surface area is 137 Å². The Kier molecular flexibility index (Phi) is 4.83. The second-order valence-corrected chi connectivity index (χ2v) is 6.42. The minimum Gasteiger partial charge on any atom is -0.378 e. The molecule has 110 valence electrons. The number of ether oxygens (including phenoxy) is 1. The van der Waals surface area contributed by atoms with Gasteiger partial charge in [-0.15, -0.1) is 0 Å². The lowest BCUT2D eigenvalue weighted by Gasteiger charge is -2.22. The Morgan fingerprint density at radius 3 is 2.81 bits per heavy atom. The number of aromatic amines is 1. The molecule has 1 aliphatic heterocycles. The van der Waals surface area contributed by atoms with Crippen molar-refractivity contribution in [2.24, 2.45) is 0 Å². The molecule has 0 saturated carbocycles. The minimum atomic E-state index is 0.252. The van der Waals surface area contributed by atoms with Gasteiger partial charge in [-0.1, -0.05) is 42.5 Å². The maximum Gasteiger partial charge on any atom is 0.144 e. The molecule has 2 heterocycles. The molecule has 3 rings (SSSR count). The summed E-state index contributed by atoms with van der Waals surface area (Å²) in [6.07, 6.45) is 4.53. The summed E-state index contributed by atoms with van der Waals surface area (Å²) in [5.41, 5.74) is 2.09. The van der Waals surface area contributed by atoms with Gasteiger partial charge in [0, 0.05) is 13.0 Å². The zero-order valence-electron chi connectivity index (χ0n) is 11.6. The van der Waals surface area contributed by atoms with Crippen LogP contribution in [0.5, 0.6) is 0 Å². The minimum absolute atomic E-state index is 0.252. The van der Waals surface area contributed by atoms with E-state index in [1.165, 1.54) is 6.42 Å². The van der Waals surface area contributed by atoms with Crippen molar-refractivity contribution in [3.05, 3.63) is 45.3 Å². The molecule has 1 unspecified atom stereocenters. The third kappa shape index (κ3) is 3.59. The van der Waals surface area contributed by atoms with Crippen molar-refractivity contribution < 1.29 is 4.74 Å². The molecule has 21 heavy (non-hydrogen) atoms. The average Bonchev–Trinajstić information content (AvgIpc) is 2.52. The standard InChI is InChI=1S/C16H17BrN2OS/c17-14-15(11-6-2-1-3-7-11)18-13(19-16(14)21)10-12-8-4-5-9-20-12/h1-3,6-7,12H,4-5,8-10H2,(H,18,19,21). The molecule has 1 aromatic heterocycles. The highest BCUT2D eigenvalue weighted by Gasteiger charge is 2.17. The highest BCUT2D eigenvalue weighted by molar-refractivity contribution is 9.10. The van der Waals surface area contributed by atoms with Crippen LogP contribution >= 0.6 is 28.1 Å². The van der Waals surface area contributed by atoms with Crippen LogP contribution in [0.2, 0.25) is 0 Å². The van der Waals surface area contributed by atoms with Gasteiger partial charge < -0.3 is 9.72 Å². The monoisotopic (exact) mass is 364 g/mol. The number of nitrogens with one attached hydrogen (secondary N) is 1. The number of nitrogens with zero attached hydrogens (tertiary/aromatic N) is 1. The quantitative estimate of drug-likeness (QED) is 0.803. The lowest BCUT2D eigenvalue weighted by atomic mass is 10.1. The number of hydrogen-bond acceptors (Lipinski definition) is 3. The van der Waals surface area contributed by atoms with Gasteiger partial charge in [-0.3, -0.25) is 0 Å². The van der Waals surface area contributed by atoms with E-state index in [1.54, 1.807) is 0 Å². The first-order chi connectivity index (χ1) is 10.2. The van der Waals surface area contributed by atoms with Gasteiger partial charge in [0.15, 0.2) is 0 Å². The van der Waals surface area contributed by atoms with Gasteiger partial charge in [0.25, 0.3) is 0 Å². The predicted molar refractivity (Wildman–Crippen MR) is 89.9 cm³/mol. The fraction of sp³-hybridized carbons (Fsp3) is 0.375. The highest BCUT2D eigenvalue weighted by atomic mass is 79.9. The Balaban J connectivity index is 1.92. The van der Waals surface area contributed by atoms with Gasteiger partial charge in [-0.25, -0.2) is 4.98 Å². The molecule has 0 spiro atoms. The first kappa shape index (κ1) is 14.9. The summed E-state index contributed by atoms with van der Waals surface area (Å²) in [6, 6.07) is 10.2. The molecule has 0 amide bonds. The molecule has 0 radical (unpaired) electrons. The van der Waals surface area contributed by atoms with Crippen molar-refractivity contribution in [3.63, 3.8) is 0 Å². The second kappa shape index (κ2) is 6.81. The van der Waals surface area contributed by atoms with E-state index in [0.717, 1.165) is 47.4 Å². The smallest absolute Gasteiger partial charge is 0.144 e. The van der Waals surface area contributed by atoms with E-state index in [0.29, 0.717) is 4.64 Å². The Morgan fingerprint density at radius 1 is 1.29 bits per heavy atom. The maximum absolute atomic E-state index is 5.79. The van der Waals surface area contributed by atoms with Gasteiger partial charge in [0.1, 0.15) is 10.5 Å². The molecule has 0 aliphatic carbocycles. The van der Waals surface area contributed by atoms with E-state index in [-0.39, 0.29) is 6.10 Å². The van der Waals surface area contributed by atoms with Gasteiger partial charge in [-0.2, -0.15) is 0 Å². The molecule has 1 saturated heterocycles. The lowest BCUT2D eigenvalue weighted by Crippen LogP contribution is -2.22. The highest BCUT2D eigenvalue weighted by Crippen LogP contribution is 2.27. The van der Waals surface area contributed by atoms with Crippen LogP contribution in [-0.2, 0) is 11.2 Å². The van der Waals surface area contributed by atoms with E-state index in [4.69, 9.17) is 17.0 Å². The van der Waals surface area contributed by atoms with Crippen molar-refractivity contribution in [1.29, 1.82) is 0 Å². The van der Waals surface area contributed by atoms with Crippen molar-refractivity contribution in [2.75, 3.05) is 6.61 Å². The van der Waals surface area contributed by atoms with Crippen molar-refractivity contribution >= 4 is 28.1 Å². The molecule has 1 aliphatic rings. The summed E-state index contributed by atoms with van der Waals surface area (Å²) in [6.45, 7) is 0.855. The van der Waals surface area contributed by atoms with Crippen molar-refractivity contribution in [2.45, 2.75) is 31.8 Å². The lowest BCUT2D eigenvalue weighted by molar-refractivity contribution is 0.0156. The summed E-state index contributed by atoms with van der Waals surface area (Å²) in [5.74, 6) is 0.897. The maximum atomic E-state index is 5.79. The molecule has 1 aromatic carbocycles. The van der Waals surface area contributed by atoms with Crippen LogP contribution < -0.4 is 0 Å². The molecule has 3 nitrogen and oxygen atoms in total. The van der Waals surface area contributed by atoms with Crippen molar-refractivity contribution in [1.82, 2.24) is 9.97 Å². The van der Waals surface area contributed by atoms with Gasteiger partial charge >= 0.3 is 0 Å². The number of benzene rings is 1. The molecule has 1 atom stereocenters. The van der Waals surface area contributed by atoms with Crippen LogP contribution in [0.25, 0.3) is 11.3 Å². The number of rotatable bonds is 3. The van der Waals surface area contributed by atoms with E-state index in [9.17, 15) is 0 Å². The first-order valence-corrected chi connectivity index (χ1v) is 8.40. The van der Waals surface area contributed by atoms with Crippen LogP contribution in [0.3, 0.4) is 0 Å². The number of hydrogen-bond donors (Lipinski definition) is 1. The van der Waals surface area contributed by atoms with Gasteiger partial charge in [0.2, 0.25) is 0 Å². The average molecular weight is 365 g/mol. The molecular weight excluding hydrogens is 348 g/mol. The molecule has 2 aromatic rings. The van der Waals surface area contributed by atoms with Crippen LogP contribution in [0, 0.1) is 4.64 Å². The van der Waals surface area contributed by atoms with E-state index >= 15 is 0 Å². The molecular formula is C16H17BrN2OS. The fourth-order valence-electron chi connectivity index (χ4n) is 2.59. The third-order valence-electron chi connectivity index (χ3n) is 3.67. The third-order valence-corrected chi connectivity index (χ3v) is 5.00. The normalized spacial score (nSPS) is 18.6. The molecule has 0 bridgehead atoms. The zero-order valence-corrected chi connectivity index (χ0v) is 14.0. The fourth-order valence-corrected chi connectivity index (χ4v) is 3.22. The van der Waals surface area contributed by atoms with E-state index in [1.807, 2.05) is 18.2 Å². The molecule has 5 heteroatoms. The zero-order chi connectivity index (χ0) is 14.7. The van der Waals surface area contributed by atoms with Crippen molar-refractivity contribution in [3.8, 4) is 11.3 Å². The summed E-state index contributed by atoms with van der Waals surface area (Å²) < 4.78 is 7.23. The predicted octanol–water partition coefficient (Wildman–Crippen LogP) is 4.68. The number of halogens is 1. The van der Waals surface area contributed by atoms with Gasteiger partial charge in [-0.05, 0) is 40.8 Å². The molecule has 1 N–H and O–H groups in total. The SMILES string of the molecule is S=c1nc(CC2CCCCO2)[nH]c(-c2ccccc2)c1Br. The number of H-pyrrole nitrogens is 1. The topological polar surface area (TPSA) is 37.9 Å².